The van der Waals surface area contributed by atoms with Crippen LogP contribution in [-0.2, 0) is 16.0 Å². The fourth-order valence-electron chi connectivity index (χ4n) is 3.68. The molecule has 34 heavy (non-hydrogen) atoms. The van der Waals surface area contributed by atoms with Crippen LogP contribution in [0.3, 0.4) is 0 Å². The van der Waals surface area contributed by atoms with Crippen LogP contribution in [0.1, 0.15) is 29.9 Å². The molecule has 1 aromatic carbocycles. The van der Waals surface area contributed by atoms with Crippen molar-refractivity contribution in [1.82, 2.24) is 20.1 Å². The standard InChI is InChI=1S/C23H26ClN5O5/c1-15(2)21(26-22(31)18-7-6-17(29(33)34)14-19(18)24)23(32)28-11-9-27(10-12-28)20(30)13-16-5-3-4-8-25-16/h3-8,14-15,21H,9-13H2,1-2H3,(H,26,31). The summed E-state index contributed by atoms with van der Waals surface area (Å²) in [6.45, 7) is 5.11. The highest BCUT2D eigenvalue weighted by molar-refractivity contribution is 6.34. The van der Waals surface area contributed by atoms with E-state index < -0.39 is 16.9 Å². The molecule has 1 N–H and O–H groups in total. The maximum absolute atomic E-state index is 13.2. The molecule has 1 saturated heterocycles. The van der Waals surface area contributed by atoms with Gasteiger partial charge < -0.3 is 15.1 Å². The molecule has 1 aliphatic rings. The molecule has 1 fully saturated rings. The van der Waals surface area contributed by atoms with Gasteiger partial charge in [-0.2, -0.15) is 0 Å². The number of halogens is 1. The molecular formula is C23H26ClN5O5. The summed E-state index contributed by atoms with van der Waals surface area (Å²) < 4.78 is 0. The Kier molecular flexibility index (Phi) is 8.17. The number of piperazine rings is 1. The van der Waals surface area contributed by atoms with E-state index in [-0.39, 0.29) is 40.4 Å². The number of hydrogen-bond acceptors (Lipinski definition) is 6. The Balaban J connectivity index is 1.60. The first-order valence-electron chi connectivity index (χ1n) is 10.9. The smallest absolute Gasteiger partial charge is 0.270 e. The van der Waals surface area contributed by atoms with Gasteiger partial charge in [0.2, 0.25) is 11.8 Å². The number of pyridine rings is 1. The zero-order chi connectivity index (χ0) is 24.8. The van der Waals surface area contributed by atoms with Gasteiger partial charge in [0.05, 0.1) is 21.9 Å². The molecule has 1 aliphatic heterocycles. The third kappa shape index (κ3) is 6.07. The molecule has 180 valence electrons. The largest absolute Gasteiger partial charge is 0.340 e. The van der Waals surface area contributed by atoms with Crippen LogP contribution in [0.25, 0.3) is 0 Å². The minimum Gasteiger partial charge on any atom is -0.340 e. The van der Waals surface area contributed by atoms with Gasteiger partial charge >= 0.3 is 0 Å². The van der Waals surface area contributed by atoms with E-state index in [9.17, 15) is 24.5 Å². The zero-order valence-corrected chi connectivity index (χ0v) is 19.7. The Labute approximate surface area is 202 Å². The van der Waals surface area contributed by atoms with Crippen LogP contribution >= 0.6 is 11.6 Å². The molecule has 10 nitrogen and oxygen atoms in total. The second-order valence-corrected chi connectivity index (χ2v) is 8.73. The first-order chi connectivity index (χ1) is 16.2. The van der Waals surface area contributed by atoms with Crippen molar-refractivity contribution in [3.8, 4) is 0 Å². The summed E-state index contributed by atoms with van der Waals surface area (Å²) in [6.07, 6.45) is 1.85. The normalized spacial score (nSPS) is 14.6. The van der Waals surface area contributed by atoms with E-state index in [1.54, 1.807) is 28.1 Å². The van der Waals surface area contributed by atoms with E-state index in [1.807, 2.05) is 19.9 Å². The molecule has 2 aromatic rings. The molecule has 1 aromatic heterocycles. The lowest BCUT2D eigenvalue weighted by Crippen LogP contribution is -2.57. The third-order valence-corrected chi connectivity index (χ3v) is 5.94. The fourth-order valence-corrected chi connectivity index (χ4v) is 3.94. The van der Waals surface area contributed by atoms with Crippen LogP contribution in [0.4, 0.5) is 5.69 Å². The maximum atomic E-state index is 13.2. The average molecular weight is 488 g/mol. The summed E-state index contributed by atoms with van der Waals surface area (Å²) in [5.41, 5.74) is 0.516. The highest BCUT2D eigenvalue weighted by atomic mass is 35.5. The molecule has 3 rings (SSSR count). The maximum Gasteiger partial charge on any atom is 0.270 e. The second-order valence-electron chi connectivity index (χ2n) is 8.32. The number of carbonyl (C=O) groups is 3. The predicted molar refractivity (Wildman–Crippen MR) is 125 cm³/mol. The highest BCUT2D eigenvalue weighted by Crippen LogP contribution is 2.23. The number of aromatic nitrogens is 1. The van der Waals surface area contributed by atoms with Gasteiger partial charge in [-0.1, -0.05) is 31.5 Å². The average Bonchev–Trinajstić information content (AvgIpc) is 2.82. The van der Waals surface area contributed by atoms with Gasteiger partial charge in [0, 0.05) is 50.2 Å². The summed E-state index contributed by atoms with van der Waals surface area (Å²) in [7, 11) is 0. The van der Waals surface area contributed by atoms with E-state index >= 15 is 0 Å². The minimum atomic E-state index is -0.811. The molecule has 1 unspecified atom stereocenters. The molecule has 0 aliphatic carbocycles. The molecule has 11 heteroatoms. The topological polar surface area (TPSA) is 126 Å². The first kappa shape index (κ1) is 25.1. The number of nitro groups is 1. The fraction of sp³-hybridized carbons (Fsp3) is 0.391. The number of nitrogens with one attached hydrogen (secondary N) is 1. The van der Waals surface area contributed by atoms with Crippen molar-refractivity contribution in [2.75, 3.05) is 26.2 Å². The van der Waals surface area contributed by atoms with Crippen molar-refractivity contribution in [1.29, 1.82) is 0 Å². The van der Waals surface area contributed by atoms with E-state index in [2.05, 4.69) is 10.3 Å². The molecular weight excluding hydrogens is 462 g/mol. The summed E-state index contributed by atoms with van der Waals surface area (Å²) >= 11 is 6.06. The van der Waals surface area contributed by atoms with Gasteiger partial charge in [-0.25, -0.2) is 0 Å². The number of nitro benzene ring substituents is 1. The number of nitrogens with zero attached hydrogens (tertiary/aromatic N) is 4. The molecule has 2 heterocycles. The van der Waals surface area contributed by atoms with E-state index in [4.69, 9.17) is 11.6 Å². The van der Waals surface area contributed by atoms with Crippen molar-refractivity contribution in [2.24, 2.45) is 5.92 Å². The number of hydrogen-bond donors (Lipinski definition) is 1. The Morgan fingerprint density at radius 1 is 1.12 bits per heavy atom. The van der Waals surface area contributed by atoms with E-state index in [0.717, 1.165) is 6.07 Å². The van der Waals surface area contributed by atoms with Gasteiger partial charge in [-0.05, 0) is 24.1 Å². The lowest BCUT2D eigenvalue weighted by atomic mass is 10.0. The molecule has 1 atom stereocenters. The third-order valence-electron chi connectivity index (χ3n) is 5.63. The number of amides is 3. The number of carbonyl (C=O) groups excluding carboxylic acids is 3. The summed E-state index contributed by atoms with van der Waals surface area (Å²) in [4.78, 5) is 56.3. The van der Waals surface area contributed by atoms with Crippen molar-refractivity contribution in [3.63, 3.8) is 0 Å². The van der Waals surface area contributed by atoms with Gasteiger partial charge in [-0.3, -0.25) is 29.5 Å². The van der Waals surface area contributed by atoms with Gasteiger partial charge in [-0.15, -0.1) is 0 Å². The number of rotatable bonds is 7. The first-order valence-corrected chi connectivity index (χ1v) is 11.3. The second kappa shape index (κ2) is 11.1. The van der Waals surface area contributed by atoms with Crippen LogP contribution in [-0.4, -0.2) is 69.6 Å². The lowest BCUT2D eigenvalue weighted by Gasteiger charge is -2.37. The predicted octanol–water partition coefficient (Wildman–Crippen LogP) is 2.31. The van der Waals surface area contributed by atoms with Gasteiger partial charge in [0.15, 0.2) is 0 Å². The number of non-ortho nitro benzene ring substituents is 1. The van der Waals surface area contributed by atoms with Crippen molar-refractivity contribution < 1.29 is 19.3 Å². The molecule has 3 amide bonds. The Bertz CT molecular complexity index is 1070. The summed E-state index contributed by atoms with van der Waals surface area (Å²) in [5, 5.41) is 13.5. The van der Waals surface area contributed by atoms with Crippen LogP contribution < -0.4 is 5.32 Å². The summed E-state index contributed by atoms with van der Waals surface area (Å²) in [5.74, 6) is -1.10. The highest BCUT2D eigenvalue weighted by Gasteiger charge is 2.32. The van der Waals surface area contributed by atoms with Crippen LogP contribution in [0.15, 0.2) is 42.6 Å². The monoisotopic (exact) mass is 487 g/mol. The Morgan fingerprint density at radius 3 is 2.35 bits per heavy atom. The van der Waals surface area contributed by atoms with E-state index in [1.165, 1.54) is 12.1 Å². The van der Waals surface area contributed by atoms with Crippen molar-refractivity contribution >= 4 is 35.0 Å². The molecule has 0 radical (unpaired) electrons. The van der Waals surface area contributed by atoms with Crippen molar-refractivity contribution in [3.05, 3.63) is 69.0 Å². The quantitative estimate of drug-likeness (QED) is 0.471. The Hall–Kier alpha value is -3.53. The van der Waals surface area contributed by atoms with Crippen LogP contribution in [0.2, 0.25) is 5.02 Å². The molecule has 0 spiro atoms. The van der Waals surface area contributed by atoms with Gasteiger partial charge in [0.1, 0.15) is 6.04 Å². The van der Waals surface area contributed by atoms with Crippen LogP contribution in [0.5, 0.6) is 0 Å². The Morgan fingerprint density at radius 2 is 1.79 bits per heavy atom. The lowest BCUT2D eigenvalue weighted by molar-refractivity contribution is -0.384. The summed E-state index contributed by atoms with van der Waals surface area (Å²) in [6, 6.07) is 8.16. The molecule has 0 bridgehead atoms. The van der Waals surface area contributed by atoms with E-state index in [0.29, 0.717) is 31.9 Å². The van der Waals surface area contributed by atoms with Crippen molar-refractivity contribution in [2.45, 2.75) is 26.3 Å². The number of benzene rings is 1. The minimum absolute atomic E-state index is 0.0488. The van der Waals surface area contributed by atoms with Crippen LogP contribution in [0, 0.1) is 16.0 Å². The van der Waals surface area contributed by atoms with Gasteiger partial charge in [0.25, 0.3) is 11.6 Å². The molecule has 0 saturated carbocycles. The SMILES string of the molecule is CC(C)C(NC(=O)c1ccc([N+](=O)[O-])cc1Cl)C(=O)N1CCN(C(=O)Cc2ccccn2)CC1. The zero-order valence-electron chi connectivity index (χ0n) is 18.9.